The molecule has 1 atom stereocenters. The summed E-state index contributed by atoms with van der Waals surface area (Å²) in [7, 11) is 1.65. The summed E-state index contributed by atoms with van der Waals surface area (Å²) in [4.78, 5) is 43.5. The number of likely N-dealkylation sites (tertiary alicyclic amines) is 1. The summed E-state index contributed by atoms with van der Waals surface area (Å²) in [5.74, 6) is -0.0213. The van der Waals surface area contributed by atoms with E-state index in [0.717, 1.165) is 0 Å². The summed E-state index contributed by atoms with van der Waals surface area (Å²) in [5, 5.41) is -0.501. The lowest BCUT2D eigenvalue weighted by molar-refractivity contribution is -0.152. The van der Waals surface area contributed by atoms with Crippen molar-refractivity contribution in [2.75, 3.05) is 7.05 Å². The number of ketones is 1. The molecule has 1 heterocycles. The fraction of sp³-hybridized carbons (Fsp3) is 0.800. The molecule has 1 aliphatic rings. The van der Waals surface area contributed by atoms with Crippen LogP contribution in [0.2, 0.25) is 0 Å². The molecule has 27 heavy (non-hydrogen) atoms. The first-order chi connectivity index (χ1) is 11.9. The number of aliphatic imine (C=N–C) groups is 1. The van der Waals surface area contributed by atoms with Crippen molar-refractivity contribution in [1.29, 1.82) is 0 Å². The summed E-state index contributed by atoms with van der Waals surface area (Å²) >= 11 is 1.45. The van der Waals surface area contributed by atoms with Crippen LogP contribution in [-0.2, 0) is 14.4 Å². The van der Waals surface area contributed by atoms with Crippen LogP contribution in [0, 0.1) is 10.8 Å². The average Bonchev–Trinajstić information content (AvgIpc) is 2.79. The number of imide groups is 1. The van der Waals surface area contributed by atoms with E-state index in [-0.39, 0.29) is 24.0 Å². The van der Waals surface area contributed by atoms with Crippen LogP contribution in [0.1, 0.15) is 68.7 Å². The van der Waals surface area contributed by atoms with E-state index in [1.165, 1.54) is 23.6 Å². The molecule has 0 saturated carbocycles. The van der Waals surface area contributed by atoms with Crippen LogP contribution in [0.5, 0.6) is 0 Å². The molecule has 0 aromatic heterocycles. The number of hydrogen-bond donors (Lipinski definition) is 1. The van der Waals surface area contributed by atoms with Gasteiger partial charge >= 0.3 is 0 Å². The summed E-state index contributed by atoms with van der Waals surface area (Å²) in [6.45, 7) is 16.6. The number of carbonyl (C=O) groups is 3. The van der Waals surface area contributed by atoms with E-state index in [4.69, 9.17) is 5.73 Å². The third kappa shape index (κ3) is 3.80. The second kappa shape index (κ2) is 7.22. The van der Waals surface area contributed by atoms with Gasteiger partial charge in [0.2, 0.25) is 11.8 Å². The van der Waals surface area contributed by atoms with Crippen molar-refractivity contribution in [2.24, 2.45) is 21.6 Å². The minimum atomic E-state index is -0.911. The van der Waals surface area contributed by atoms with Gasteiger partial charge in [-0.2, -0.15) is 0 Å². The number of amidine groups is 1. The number of nitrogens with zero attached hydrogens (tertiary/aromatic N) is 2. The van der Waals surface area contributed by atoms with E-state index in [1.54, 1.807) is 34.7 Å². The predicted octanol–water partition coefficient (Wildman–Crippen LogP) is 3.03. The zero-order valence-corrected chi connectivity index (χ0v) is 19.2. The molecular weight excluding hydrogens is 362 g/mol. The van der Waals surface area contributed by atoms with Crippen LogP contribution in [0.25, 0.3) is 0 Å². The van der Waals surface area contributed by atoms with Crippen molar-refractivity contribution in [3.63, 3.8) is 0 Å². The predicted molar refractivity (Wildman–Crippen MR) is 112 cm³/mol. The lowest BCUT2D eigenvalue weighted by atomic mass is 9.71. The SMILES string of the molecule is CN=C(N)C(C)(C)C(C)(C)SC1CC(=O)N(C(C)(C)C(C)(C)C(C)=O)C1=O. The summed E-state index contributed by atoms with van der Waals surface area (Å²) in [5.41, 5.74) is 3.88. The van der Waals surface area contributed by atoms with E-state index in [0.29, 0.717) is 5.84 Å². The lowest BCUT2D eigenvalue weighted by Crippen LogP contribution is -2.59. The number of rotatable bonds is 7. The van der Waals surface area contributed by atoms with Crippen LogP contribution in [-0.4, -0.2) is 50.9 Å². The van der Waals surface area contributed by atoms with Crippen LogP contribution in [0.15, 0.2) is 4.99 Å². The van der Waals surface area contributed by atoms with Crippen molar-refractivity contribution in [3.8, 4) is 0 Å². The molecule has 0 radical (unpaired) electrons. The van der Waals surface area contributed by atoms with E-state index in [2.05, 4.69) is 4.99 Å². The smallest absolute Gasteiger partial charge is 0.243 e. The number of Topliss-reactive ketones (excluding diaryl/α,β-unsaturated/α-hetero) is 1. The fourth-order valence-corrected chi connectivity index (χ4v) is 4.63. The lowest BCUT2D eigenvalue weighted by Gasteiger charge is -2.45. The summed E-state index contributed by atoms with van der Waals surface area (Å²) in [6, 6.07) is 0. The third-order valence-corrected chi connectivity index (χ3v) is 8.65. The molecule has 1 saturated heterocycles. The topological polar surface area (TPSA) is 92.8 Å². The Labute approximate surface area is 167 Å². The first-order valence-corrected chi connectivity index (χ1v) is 10.1. The third-order valence-electron chi connectivity index (χ3n) is 6.90. The molecule has 0 bridgehead atoms. The Hall–Kier alpha value is -1.37. The largest absolute Gasteiger partial charge is 0.387 e. The van der Waals surface area contributed by atoms with Crippen molar-refractivity contribution in [2.45, 2.75) is 84.3 Å². The van der Waals surface area contributed by atoms with Crippen molar-refractivity contribution in [1.82, 2.24) is 4.90 Å². The maximum atomic E-state index is 13.2. The van der Waals surface area contributed by atoms with Gasteiger partial charge in [0, 0.05) is 29.0 Å². The molecule has 154 valence electrons. The minimum absolute atomic E-state index is 0.0578. The van der Waals surface area contributed by atoms with Gasteiger partial charge in [0.25, 0.3) is 0 Å². The van der Waals surface area contributed by atoms with Crippen LogP contribution in [0.4, 0.5) is 0 Å². The maximum Gasteiger partial charge on any atom is 0.243 e. The highest BCUT2D eigenvalue weighted by atomic mass is 32.2. The Morgan fingerprint density at radius 3 is 1.96 bits per heavy atom. The van der Waals surface area contributed by atoms with Crippen LogP contribution < -0.4 is 5.73 Å². The fourth-order valence-electron chi connectivity index (χ4n) is 3.08. The first kappa shape index (κ1) is 23.7. The van der Waals surface area contributed by atoms with E-state index in [1.807, 2.05) is 27.7 Å². The van der Waals surface area contributed by atoms with Gasteiger partial charge in [-0.1, -0.05) is 27.7 Å². The van der Waals surface area contributed by atoms with E-state index < -0.39 is 26.4 Å². The molecule has 0 aromatic rings. The molecule has 6 nitrogen and oxygen atoms in total. The van der Waals surface area contributed by atoms with Gasteiger partial charge in [0.1, 0.15) is 11.6 Å². The second-order valence-corrected chi connectivity index (χ2v) is 11.2. The first-order valence-electron chi connectivity index (χ1n) is 9.23. The molecule has 2 N–H and O–H groups in total. The number of amides is 2. The van der Waals surface area contributed by atoms with Crippen molar-refractivity contribution >= 4 is 35.2 Å². The molecule has 1 unspecified atom stereocenters. The molecule has 1 rings (SSSR count). The van der Waals surface area contributed by atoms with Crippen molar-refractivity contribution < 1.29 is 14.4 Å². The Balaban J connectivity index is 3.20. The average molecular weight is 398 g/mol. The van der Waals surface area contributed by atoms with Gasteiger partial charge in [-0.15, -0.1) is 11.8 Å². The Bertz CT molecular complexity index is 678. The highest BCUT2D eigenvalue weighted by Crippen LogP contribution is 2.48. The molecule has 1 fully saturated rings. The molecule has 0 spiro atoms. The molecule has 0 aliphatic carbocycles. The molecule has 1 aliphatic heterocycles. The molecule has 0 aromatic carbocycles. The van der Waals surface area contributed by atoms with Gasteiger partial charge in [0.05, 0.1) is 10.8 Å². The van der Waals surface area contributed by atoms with Gasteiger partial charge in [-0.05, 0) is 34.6 Å². The van der Waals surface area contributed by atoms with E-state index in [9.17, 15) is 14.4 Å². The van der Waals surface area contributed by atoms with Gasteiger partial charge in [-0.3, -0.25) is 24.3 Å². The maximum absolute atomic E-state index is 13.2. The zero-order valence-electron chi connectivity index (χ0n) is 18.4. The molecule has 7 heteroatoms. The second-order valence-electron chi connectivity index (χ2n) is 9.36. The number of hydrogen-bond acceptors (Lipinski definition) is 5. The minimum Gasteiger partial charge on any atom is -0.387 e. The van der Waals surface area contributed by atoms with Crippen molar-refractivity contribution in [3.05, 3.63) is 0 Å². The van der Waals surface area contributed by atoms with Crippen LogP contribution in [0.3, 0.4) is 0 Å². The Morgan fingerprint density at radius 2 is 1.56 bits per heavy atom. The molecular formula is C20H35N3O3S. The normalized spacial score (nSPS) is 20.4. The van der Waals surface area contributed by atoms with Crippen LogP contribution >= 0.6 is 11.8 Å². The van der Waals surface area contributed by atoms with E-state index >= 15 is 0 Å². The summed E-state index contributed by atoms with van der Waals surface area (Å²) in [6.07, 6.45) is 0.129. The molecule has 2 amide bonds. The standard InChI is InChI=1S/C20H35N3O3S/c1-12(24)17(2,3)19(6,7)23-14(25)11-13(15(23)26)27-20(8,9)18(4,5)16(21)22-10/h13H,11H2,1-10H3,(H2,21,22). The number of nitrogens with two attached hydrogens (primary N) is 1. The Kier molecular flexibility index (Phi) is 6.33. The summed E-state index contributed by atoms with van der Waals surface area (Å²) < 4.78 is -0.423. The number of thioether (sulfide) groups is 1. The van der Waals surface area contributed by atoms with Gasteiger partial charge < -0.3 is 5.73 Å². The highest BCUT2D eigenvalue weighted by molar-refractivity contribution is 8.02. The monoisotopic (exact) mass is 397 g/mol. The Morgan fingerprint density at radius 1 is 1.07 bits per heavy atom. The number of carbonyl (C=O) groups excluding carboxylic acids is 3. The highest BCUT2D eigenvalue weighted by Gasteiger charge is 2.55. The zero-order chi connectivity index (χ0) is 21.6. The van der Waals surface area contributed by atoms with Gasteiger partial charge in [0.15, 0.2) is 0 Å². The van der Waals surface area contributed by atoms with Gasteiger partial charge in [-0.25, -0.2) is 0 Å². The quantitative estimate of drug-likeness (QED) is 0.405.